The molecule has 110 valence electrons. The number of carbonyl (C=O) groups excluding carboxylic acids is 1. The first kappa shape index (κ1) is 16.2. The first-order valence-corrected chi connectivity index (χ1v) is 6.88. The van der Waals surface area contributed by atoms with Gasteiger partial charge in [0.25, 0.3) is 0 Å². The van der Waals surface area contributed by atoms with Crippen LogP contribution >= 0.6 is 0 Å². The summed E-state index contributed by atoms with van der Waals surface area (Å²) in [6.07, 6.45) is 3.13. The predicted octanol–water partition coefficient (Wildman–Crippen LogP) is 1.32. The van der Waals surface area contributed by atoms with Crippen molar-refractivity contribution in [2.75, 3.05) is 6.54 Å². The van der Waals surface area contributed by atoms with Gasteiger partial charge in [0, 0.05) is 6.42 Å². The second kappa shape index (κ2) is 9.09. The number of aryl methyl sites for hydroxylation is 1. The molecule has 0 saturated carbocycles. The normalized spacial score (nSPS) is 12.0. The van der Waals surface area contributed by atoms with E-state index in [2.05, 4.69) is 17.4 Å². The molecule has 5 heteroatoms. The standard InChI is InChI=1S/C15H22N2O3/c16-15(20)13(9-10-14(18)19)17-11-5-4-8-12-6-2-1-3-7-12/h1-3,6-7,13,17H,4-5,8-11H2,(H2,16,20)(H,18,19)/t13-/m0/s1. The molecule has 4 N–H and O–H groups in total. The highest BCUT2D eigenvalue weighted by molar-refractivity contribution is 5.80. The Bertz CT molecular complexity index is 420. The number of benzene rings is 1. The molecule has 1 rings (SSSR count). The average molecular weight is 278 g/mol. The van der Waals surface area contributed by atoms with Crippen LogP contribution in [0.15, 0.2) is 30.3 Å². The molecule has 1 aromatic carbocycles. The molecular formula is C15H22N2O3. The summed E-state index contributed by atoms with van der Waals surface area (Å²) in [4.78, 5) is 21.6. The lowest BCUT2D eigenvalue weighted by molar-refractivity contribution is -0.137. The molecule has 0 heterocycles. The third kappa shape index (κ3) is 6.89. The molecule has 0 radical (unpaired) electrons. The van der Waals surface area contributed by atoms with Crippen molar-refractivity contribution in [2.45, 2.75) is 38.1 Å². The number of amides is 1. The van der Waals surface area contributed by atoms with Gasteiger partial charge < -0.3 is 16.2 Å². The smallest absolute Gasteiger partial charge is 0.303 e. The van der Waals surface area contributed by atoms with Crippen molar-refractivity contribution in [2.24, 2.45) is 5.73 Å². The number of aliphatic carboxylic acids is 1. The summed E-state index contributed by atoms with van der Waals surface area (Å²) in [5, 5.41) is 11.6. The van der Waals surface area contributed by atoms with Gasteiger partial charge in [-0.25, -0.2) is 0 Å². The van der Waals surface area contributed by atoms with Crippen LogP contribution in [-0.2, 0) is 16.0 Å². The maximum Gasteiger partial charge on any atom is 0.303 e. The molecule has 0 aliphatic heterocycles. The lowest BCUT2D eigenvalue weighted by atomic mass is 10.1. The SMILES string of the molecule is NC(=O)[C@H](CCC(=O)O)NCCCCc1ccccc1. The van der Waals surface area contributed by atoms with Crippen molar-refractivity contribution in [1.82, 2.24) is 5.32 Å². The second-order valence-electron chi connectivity index (χ2n) is 4.78. The lowest BCUT2D eigenvalue weighted by Crippen LogP contribution is -2.42. The fourth-order valence-electron chi connectivity index (χ4n) is 1.99. The van der Waals surface area contributed by atoms with E-state index in [4.69, 9.17) is 10.8 Å². The molecule has 5 nitrogen and oxygen atoms in total. The highest BCUT2D eigenvalue weighted by Crippen LogP contribution is 2.04. The molecule has 1 atom stereocenters. The summed E-state index contributed by atoms with van der Waals surface area (Å²) >= 11 is 0. The summed E-state index contributed by atoms with van der Waals surface area (Å²) in [6, 6.07) is 9.65. The van der Waals surface area contributed by atoms with Crippen LogP contribution in [0.25, 0.3) is 0 Å². The molecule has 0 aromatic heterocycles. The number of unbranched alkanes of at least 4 members (excludes halogenated alkanes) is 1. The quantitative estimate of drug-likeness (QED) is 0.563. The van der Waals surface area contributed by atoms with Crippen molar-refractivity contribution in [3.63, 3.8) is 0 Å². The van der Waals surface area contributed by atoms with Crippen molar-refractivity contribution in [3.8, 4) is 0 Å². The fraction of sp³-hybridized carbons (Fsp3) is 0.467. The van der Waals surface area contributed by atoms with Crippen LogP contribution in [0, 0.1) is 0 Å². The van der Waals surface area contributed by atoms with E-state index in [1.165, 1.54) is 5.56 Å². The number of nitrogens with one attached hydrogen (secondary N) is 1. The van der Waals surface area contributed by atoms with E-state index in [-0.39, 0.29) is 12.8 Å². The van der Waals surface area contributed by atoms with Crippen LogP contribution in [0.5, 0.6) is 0 Å². The van der Waals surface area contributed by atoms with E-state index in [1.807, 2.05) is 18.2 Å². The molecule has 20 heavy (non-hydrogen) atoms. The molecule has 0 saturated heterocycles. The van der Waals surface area contributed by atoms with E-state index in [1.54, 1.807) is 0 Å². The Hall–Kier alpha value is -1.88. The van der Waals surface area contributed by atoms with Crippen LogP contribution in [0.3, 0.4) is 0 Å². The van der Waals surface area contributed by atoms with Gasteiger partial charge in [0.2, 0.25) is 5.91 Å². The topological polar surface area (TPSA) is 92.4 Å². The van der Waals surface area contributed by atoms with Gasteiger partial charge in [0.1, 0.15) is 0 Å². The summed E-state index contributed by atoms with van der Waals surface area (Å²) in [5.41, 5.74) is 6.53. The molecule has 0 aliphatic rings. The minimum atomic E-state index is -0.915. The Kier molecular flexibility index (Phi) is 7.35. The third-order valence-corrected chi connectivity index (χ3v) is 3.12. The summed E-state index contributed by atoms with van der Waals surface area (Å²) in [7, 11) is 0. The Morgan fingerprint density at radius 1 is 1.20 bits per heavy atom. The Labute approximate surface area is 119 Å². The molecular weight excluding hydrogens is 256 g/mol. The number of hydrogen-bond acceptors (Lipinski definition) is 3. The molecule has 1 aromatic rings. The molecule has 0 bridgehead atoms. The van der Waals surface area contributed by atoms with E-state index >= 15 is 0 Å². The minimum absolute atomic E-state index is 0.0510. The molecule has 0 spiro atoms. The average Bonchev–Trinajstić information content (AvgIpc) is 2.42. The monoisotopic (exact) mass is 278 g/mol. The van der Waals surface area contributed by atoms with Crippen molar-refractivity contribution >= 4 is 11.9 Å². The van der Waals surface area contributed by atoms with Crippen molar-refractivity contribution in [1.29, 1.82) is 0 Å². The fourth-order valence-corrected chi connectivity index (χ4v) is 1.99. The van der Waals surface area contributed by atoms with E-state index in [0.717, 1.165) is 19.3 Å². The Balaban J connectivity index is 2.17. The van der Waals surface area contributed by atoms with Crippen LogP contribution in [-0.4, -0.2) is 29.6 Å². The third-order valence-electron chi connectivity index (χ3n) is 3.12. The van der Waals surface area contributed by atoms with Crippen LogP contribution in [0.4, 0.5) is 0 Å². The van der Waals surface area contributed by atoms with E-state index < -0.39 is 17.9 Å². The van der Waals surface area contributed by atoms with Gasteiger partial charge in [-0.2, -0.15) is 0 Å². The Morgan fingerprint density at radius 3 is 2.50 bits per heavy atom. The summed E-state index contributed by atoms with van der Waals surface area (Å²) in [6.45, 7) is 0.667. The van der Waals surface area contributed by atoms with Gasteiger partial charge in [0.15, 0.2) is 0 Å². The number of hydrogen-bond donors (Lipinski definition) is 3. The zero-order valence-electron chi connectivity index (χ0n) is 11.5. The maximum atomic E-state index is 11.2. The van der Waals surface area contributed by atoms with Gasteiger partial charge in [0.05, 0.1) is 6.04 Å². The largest absolute Gasteiger partial charge is 0.481 e. The number of nitrogens with two attached hydrogens (primary N) is 1. The highest BCUT2D eigenvalue weighted by atomic mass is 16.4. The van der Waals surface area contributed by atoms with Crippen molar-refractivity contribution < 1.29 is 14.7 Å². The van der Waals surface area contributed by atoms with Crippen LogP contribution < -0.4 is 11.1 Å². The van der Waals surface area contributed by atoms with E-state index in [9.17, 15) is 9.59 Å². The lowest BCUT2D eigenvalue weighted by Gasteiger charge is -2.14. The van der Waals surface area contributed by atoms with Gasteiger partial charge in [-0.1, -0.05) is 30.3 Å². The molecule has 0 aliphatic carbocycles. The first-order valence-electron chi connectivity index (χ1n) is 6.88. The number of carboxylic acid groups (broad SMARTS) is 1. The zero-order chi connectivity index (χ0) is 14.8. The molecule has 0 unspecified atom stereocenters. The first-order chi connectivity index (χ1) is 9.59. The maximum absolute atomic E-state index is 11.2. The number of rotatable bonds is 10. The molecule has 0 fully saturated rings. The number of primary amides is 1. The zero-order valence-corrected chi connectivity index (χ0v) is 11.5. The van der Waals surface area contributed by atoms with Gasteiger partial charge in [-0.3, -0.25) is 9.59 Å². The number of carboxylic acids is 1. The summed E-state index contributed by atoms with van der Waals surface area (Å²) < 4.78 is 0. The predicted molar refractivity (Wildman–Crippen MR) is 77.2 cm³/mol. The molecule has 1 amide bonds. The van der Waals surface area contributed by atoms with Crippen LogP contribution in [0.2, 0.25) is 0 Å². The van der Waals surface area contributed by atoms with Gasteiger partial charge in [-0.15, -0.1) is 0 Å². The highest BCUT2D eigenvalue weighted by Gasteiger charge is 2.15. The summed E-state index contributed by atoms with van der Waals surface area (Å²) in [5.74, 6) is -1.41. The Morgan fingerprint density at radius 2 is 1.90 bits per heavy atom. The van der Waals surface area contributed by atoms with E-state index in [0.29, 0.717) is 6.54 Å². The van der Waals surface area contributed by atoms with Gasteiger partial charge >= 0.3 is 5.97 Å². The van der Waals surface area contributed by atoms with Gasteiger partial charge in [-0.05, 0) is 37.8 Å². The number of carbonyl (C=O) groups is 2. The van der Waals surface area contributed by atoms with Crippen molar-refractivity contribution in [3.05, 3.63) is 35.9 Å². The minimum Gasteiger partial charge on any atom is -0.481 e. The second-order valence-corrected chi connectivity index (χ2v) is 4.78. The van der Waals surface area contributed by atoms with Crippen LogP contribution in [0.1, 0.15) is 31.2 Å².